The second-order valence-corrected chi connectivity index (χ2v) is 6.66. The SMILES string of the molecule is CNC(=O)c1ccccc1N1CC(CS(N)(=O)=O)CC1=O. The lowest BCUT2D eigenvalue weighted by Gasteiger charge is -2.19. The molecule has 0 saturated carbocycles. The highest BCUT2D eigenvalue weighted by Gasteiger charge is 2.34. The molecule has 21 heavy (non-hydrogen) atoms. The van der Waals surface area contributed by atoms with Gasteiger partial charge in [-0.2, -0.15) is 0 Å². The lowest BCUT2D eigenvalue weighted by molar-refractivity contribution is -0.117. The number of carbonyl (C=O) groups is 2. The minimum Gasteiger partial charge on any atom is -0.355 e. The molecule has 0 spiro atoms. The maximum Gasteiger partial charge on any atom is 0.253 e. The molecule has 2 amide bonds. The summed E-state index contributed by atoms with van der Waals surface area (Å²) in [5, 5.41) is 7.54. The average molecular weight is 311 g/mol. The van der Waals surface area contributed by atoms with Gasteiger partial charge in [-0.3, -0.25) is 9.59 Å². The Hall–Kier alpha value is -1.93. The number of nitrogens with one attached hydrogen (secondary N) is 1. The van der Waals surface area contributed by atoms with Gasteiger partial charge >= 0.3 is 0 Å². The number of nitrogens with zero attached hydrogens (tertiary/aromatic N) is 1. The third kappa shape index (κ3) is 3.59. The number of anilines is 1. The van der Waals surface area contributed by atoms with E-state index in [-0.39, 0.29) is 36.5 Å². The van der Waals surface area contributed by atoms with Crippen LogP contribution in [0.1, 0.15) is 16.8 Å². The van der Waals surface area contributed by atoms with Gasteiger partial charge in [0.05, 0.1) is 17.0 Å². The van der Waals surface area contributed by atoms with Crippen LogP contribution in [-0.2, 0) is 14.8 Å². The Kier molecular flexibility index (Phi) is 4.29. The van der Waals surface area contributed by atoms with Gasteiger partial charge in [-0.25, -0.2) is 13.6 Å². The molecule has 1 heterocycles. The number of hydrogen-bond acceptors (Lipinski definition) is 4. The van der Waals surface area contributed by atoms with Gasteiger partial charge in [-0.1, -0.05) is 12.1 Å². The number of primary sulfonamides is 1. The Morgan fingerprint density at radius 3 is 2.71 bits per heavy atom. The molecule has 1 aromatic rings. The molecule has 1 aromatic carbocycles. The average Bonchev–Trinajstić information content (AvgIpc) is 2.76. The molecule has 0 bridgehead atoms. The Balaban J connectivity index is 2.27. The molecule has 0 aromatic heterocycles. The van der Waals surface area contributed by atoms with Crippen LogP contribution in [0.25, 0.3) is 0 Å². The van der Waals surface area contributed by atoms with E-state index in [1.54, 1.807) is 24.3 Å². The molecule has 2 rings (SSSR count). The van der Waals surface area contributed by atoms with Gasteiger partial charge in [0.1, 0.15) is 0 Å². The largest absolute Gasteiger partial charge is 0.355 e. The van der Waals surface area contributed by atoms with Crippen LogP contribution in [0.4, 0.5) is 5.69 Å². The van der Waals surface area contributed by atoms with Crippen molar-refractivity contribution in [1.82, 2.24) is 5.32 Å². The van der Waals surface area contributed by atoms with Crippen molar-refractivity contribution >= 4 is 27.5 Å². The molecule has 7 nitrogen and oxygen atoms in total. The van der Waals surface area contributed by atoms with Gasteiger partial charge in [0.2, 0.25) is 15.9 Å². The zero-order chi connectivity index (χ0) is 15.6. The Morgan fingerprint density at radius 2 is 2.10 bits per heavy atom. The highest BCUT2D eigenvalue weighted by molar-refractivity contribution is 7.89. The van der Waals surface area contributed by atoms with E-state index in [0.29, 0.717) is 11.3 Å². The lowest BCUT2D eigenvalue weighted by Crippen LogP contribution is -2.30. The highest BCUT2D eigenvalue weighted by atomic mass is 32.2. The summed E-state index contributed by atoms with van der Waals surface area (Å²) in [6.45, 7) is 0.239. The summed E-state index contributed by atoms with van der Waals surface area (Å²) in [7, 11) is -2.12. The van der Waals surface area contributed by atoms with Crippen molar-refractivity contribution in [2.75, 3.05) is 24.2 Å². The third-order valence-corrected chi connectivity index (χ3v) is 4.28. The number of carbonyl (C=O) groups excluding carboxylic acids is 2. The van der Waals surface area contributed by atoms with Crippen molar-refractivity contribution in [3.05, 3.63) is 29.8 Å². The van der Waals surface area contributed by atoms with E-state index in [4.69, 9.17) is 5.14 Å². The maximum absolute atomic E-state index is 12.1. The topological polar surface area (TPSA) is 110 Å². The first kappa shape index (κ1) is 15.5. The zero-order valence-electron chi connectivity index (χ0n) is 11.6. The van der Waals surface area contributed by atoms with Crippen LogP contribution in [-0.4, -0.2) is 39.6 Å². The molecule has 0 radical (unpaired) electrons. The lowest BCUT2D eigenvalue weighted by atomic mass is 10.1. The van der Waals surface area contributed by atoms with Crippen LogP contribution in [0.15, 0.2) is 24.3 Å². The van der Waals surface area contributed by atoms with Crippen molar-refractivity contribution in [3.8, 4) is 0 Å². The summed E-state index contributed by atoms with van der Waals surface area (Å²) < 4.78 is 22.3. The normalized spacial score (nSPS) is 18.9. The molecule has 0 aliphatic carbocycles. The molecule has 3 N–H and O–H groups in total. The van der Waals surface area contributed by atoms with Gasteiger partial charge in [-0.15, -0.1) is 0 Å². The molecule has 1 saturated heterocycles. The van der Waals surface area contributed by atoms with E-state index in [1.165, 1.54) is 11.9 Å². The molecule has 114 valence electrons. The van der Waals surface area contributed by atoms with Crippen LogP contribution in [0.2, 0.25) is 0 Å². The number of nitrogens with two attached hydrogens (primary N) is 1. The second kappa shape index (κ2) is 5.82. The van der Waals surface area contributed by atoms with Gasteiger partial charge in [0, 0.05) is 25.9 Å². The van der Waals surface area contributed by atoms with Crippen molar-refractivity contribution in [2.24, 2.45) is 11.1 Å². The Bertz CT molecular complexity index is 672. The summed E-state index contributed by atoms with van der Waals surface area (Å²) >= 11 is 0. The molecule has 1 atom stereocenters. The minimum atomic E-state index is -3.63. The Labute approximate surface area is 123 Å². The number of amides is 2. The fourth-order valence-corrected chi connectivity index (χ4v) is 3.37. The smallest absolute Gasteiger partial charge is 0.253 e. The number of benzene rings is 1. The van der Waals surface area contributed by atoms with Crippen LogP contribution >= 0.6 is 0 Å². The number of sulfonamides is 1. The van der Waals surface area contributed by atoms with Crippen molar-refractivity contribution in [2.45, 2.75) is 6.42 Å². The minimum absolute atomic E-state index is 0.110. The summed E-state index contributed by atoms with van der Waals surface area (Å²) in [6.07, 6.45) is 0.110. The van der Waals surface area contributed by atoms with E-state index in [9.17, 15) is 18.0 Å². The van der Waals surface area contributed by atoms with Gasteiger partial charge in [0.25, 0.3) is 5.91 Å². The summed E-state index contributed by atoms with van der Waals surface area (Å²) in [5.74, 6) is -1.10. The summed E-state index contributed by atoms with van der Waals surface area (Å²) in [5.41, 5.74) is 0.864. The Morgan fingerprint density at radius 1 is 1.43 bits per heavy atom. The first-order valence-corrected chi connectivity index (χ1v) is 8.15. The number of rotatable bonds is 4. The summed E-state index contributed by atoms with van der Waals surface area (Å²) in [4.78, 5) is 25.4. The molecular formula is C13H17N3O4S. The van der Waals surface area contributed by atoms with Gasteiger partial charge in [0.15, 0.2) is 0 Å². The van der Waals surface area contributed by atoms with E-state index in [0.717, 1.165) is 0 Å². The fraction of sp³-hybridized carbons (Fsp3) is 0.385. The highest BCUT2D eigenvalue weighted by Crippen LogP contribution is 2.28. The number of hydrogen-bond donors (Lipinski definition) is 2. The molecule has 8 heteroatoms. The first-order valence-electron chi connectivity index (χ1n) is 6.44. The predicted octanol–water partition coefficient (Wildman–Crippen LogP) is -0.312. The van der Waals surface area contributed by atoms with Crippen molar-refractivity contribution in [1.29, 1.82) is 0 Å². The van der Waals surface area contributed by atoms with Crippen LogP contribution in [0.3, 0.4) is 0 Å². The standard InChI is InChI=1S/C13H17N3O4S/c1-15-13(18)10-4-2-3-5-11(10)16-7-9(6-12(16)17)8-21(14,19)20/h2-5,9H,6-8H2,1H3,(H,15,18)(H2,14,19,20). The van der Waals surface area contributed by atoms with E-state index < -0.39 is 10.0 Å². The summed E-state index contributed by atoms with van der Waals surface area (Å²) in [6, 6.07) is 6.72. The molecule has 1 aliphatic heterocycles. The predicted molar refractivity (Wildman–Crippen MR) is 78.3 cm³/mol. The molecule has 1 fully saturated rings. The molecule has 1 unspecified atom stereocenters. The van der Waals surface area contributed by atoms with Gasteiger partial charge < -0.3 is 10.2 Å². The maximum atomic E-state index is 12.1. The molecule has 1 aliphatic rings. The van der Waals surface area contributed by atoms with E-state index in [2.05, 4.69) is 5.32 Å². The zero-order valence-corrected chi connectivity index (χ0v) is 12.4. The van der Waals surface area contributed by atoms with Crippen LogP contribution in [0, 0.1) is 5.92 Å². The quantitative estimate of drug-likeness (QED) is 0.794. The first-order chi connectivity index (χ1) is 9.81. The van der Waals surface area contributed by atoms with Crippen LogP contribution in [0.5, 0.6) is 0 Å². The molecular weight excluding hydrogens is 294 g/mol. The monoisotopic (exact) mass is 311 g/mol. The van der Waals surface area contributed by atoms with Gasteiger partial charge in [-0.05, 0) is 12.1 Å². The van der Waals surface area contributed by atoms with Crippen LogP contribution < -0.4 is 15.4 Å². The fourth-order valence-electron chi connectivity index (χ4n) is 2.49. The van der Waals surface area contributed by atoms with Crippen molar-refractivity contribution in [3.63, 3.8) is 0 Å². The van der Waals surface area contributed by atoms with Crippen molar-refractivity contribution < 1.29 is 18.0 Å². The van der Waals surface area contributed by atoms with E-state index in [1.807, 2.05) is 0 Å². The van der Waals surface area contributed by atoms with E-state index >= 15 is 0 Å². The number of para-hydroxylation sites is 1. The second-order valence-electron chi connectivity index (χ2n) is 5.00. The third-order valence-electron chi connectivity index (χ3n) is 3.34.